The second-order valence-electron chi connectivity index (χ2n) is 7.22. The molecule has 1 N–H and O–H groups in total. The SMILES string of the molecule is CC(=O)N1C=Cc2ccccc2C1CC(=O)NC(C)c1ccc(S(C)(=O)=O)cc1. The van der Waals surface area contributed by atoms with Crippen LogP contribution in [0.3, 0.4) is 0 Å². The maximum atomic E-state index is 12.7. The molecular formula is C22H24N2O4S. The standard InChI is InChI=1S/C22H24N2O4S/c1-15(17-8-10-19(11-9-17)29(3,27)28)23-22(26)14-21-20-7-5-4-6-18(20)12-13-24(21)16(2)25/h4-13,15,21H,14H2,1-3H3,(H,23,26). The number of amides is 2. The largest absolute Gasteiger partial charge is 0.350 e. The van der Waals surface area contributed by atoms with E-state index in [1.807, 2.05) is 37.3 Å². The van der Waals surface area contributed by atoms with Crippen LogP contribution in [0.5, 0.6) is 0 Å². The summed E-state index contributed by atoms with van der Waals surface area (Å²) in [5.74, 6) is -0.316. The molecule has 3 rings (SSSR count). The molecule has 0 radical (unpaired) electrons. The summed E-state index contributed by atoms with van der Waals surface area (Å²) >= 11 is 0. The van der Waals surface area contributed by atoms with Crippen molar-refractivity contribution in [3.05, 3.63) is 71.4 Å². The van der Waals surface area contributed by atoms with Crippen LogP contribution in [-0.2, 0) is 19.4 Å². The number of nitrogens with zero attached hydrogens (tertiary/aromatic N) is 1. The van der Waals surface area contributed by atoms with Gasteiger partial charge in [-0.2, -0.15) is 0 Å². The maximum Gasteiger partial charge on any atom is 0.223 e. The third kappa shape index (κ3) is 4.74. The van der Waals surface area contributed by atoms with Crippen LogP contribution in [0.2, 0.25) is 0 Å². The summed E-state index contributed by atoms with van der Waals surface area (Å²) in [7, 11) is -3.26. The lowest BCUT2D eigenvalue weighted by atomic mass is 9.93. The number of hydrogen-bond donors (Lipinski definition) is 1. The second-order valence-corrected chi connectivity index (χ2v) is 9.24. The fourth-order valence-electron chi connectivity index (χ4n) is 3.48. The van der Waals surface area contributed by atoms with Gasteiger partial charge in [0, 0.05) is 19.4 Å². The minimum atomic E-state index is -3.26. The van der Waals surface area contributed by atoms with E-state index < -0.39 is 9.84 Å². The smallest absolute Gasteiger partial charge is 0.223 e. The first kappa shape index (κ1) is 20.8. The molecule has 0 saturated heterocycles. The Kier molecular flexibility index (Phi) is 5.88. The average Bonchev–Trinajstić information content (AvgIpc) is 2.67. The average molecular weight is 413 g/mol. The highest BCUT2D eigenvalue weighted by Gasteiger charge is 2.28. The van der Waals surface area contributed by atoms with E-state index in [-0.39, 0.29) is 35.2 Å². The van der Waals surface area contributed by atoms with E-state index >= 15 is 0 Å². The van der Waals surface area contributed by atoms with Gasteiger partial charge < -0.3 is 10.2 Å². The minimum Gasteiger partial charge on any atom is -0.350 e. The van der Waals surface area contributed by atoms with E-state index in [0.717, 1.165) is 22.9 Å². The van der Waals surface area contributed by atoms with Crippen molar-refractivity contribution in [3.63, 3.8) is 0 Å². The van der Waals surface area contributed by atoms with Gasteiger partial charge in [0.05, 0.1) is 23.4 Å². The highest BCUT2D eigenvalue weighted by molar-refractivity contribution is 7.90. The molecule has 1 aliphatic rings. The maximum absolute atomic E-state index is 12.7. The van der Waals surface area contributed by atoms with Crippen LogP contribution in [0.1, 0.15) is 49.0 Å². The Morgan fingerprint density at radius 3 is 2.38 bits per heavy atom. The van der Waals surface area contributed by atoms with E-state index in [9.17, 15) is 18.0 Å². The minimum absolute atomic E-state index is 0.127. The molecule has 7 heteroatoms. The molecule has 152 valence electrons. The number of carbonyl (C=O) groups excluding carboxylic acids is 2. The first-order valence-corrected chi connectivity index (χ1v) is 11.2. The molecule has 1 heterocycles. The van der Waals surface area contributed by atoms with Crippen molar-refractivity contribution in [2.75, 3.05) is 6.26 Å². The predicted molar refractivity (Wildman–Crippen MR) is 111 cm³/mol. The third-order valence-electron chi connectivity index (χ3n) is 5.03. The number of sulfone groups is 1. The molecule has 0 aliphatic carbocycles. The van der Waals surface area contributed by atoms with Gasteiger partial charge in [-0.25, -0.2) is 8.42 Å². The lowest BCUT2D eigenvalue weighted by Gasteiger charge is -2.32. The Bertz CT molecular complexity index is 1060. The summed E-state index contributed by atoms with van der Waals surface area (Å²) < 4.78 is 23.2. The van der Waals surface area contributed by atoms with Gasteiger partial charge in [-0.3, -0.25) is 9.59 Å². The quantitative estimate of drug-likeness (QED) is 0.817. The van der Waals surface area contributed by atoms with Crippen LogP contribution in [0.15, 0.2) is 59.6 Å². The zero-order chi connectivity index (χ0) is 21.2. The summed E-state index contributed by atoms with van der Waals surface area (Å²) in [5.41, 5.74) is 2.73. The first-order chi connectivity index (χ1) is 13.7. The zero-order valence-electron chi connectivity index (χ0n) is 16.6. The summed E-state index contributed by atoms with van der Waals surface area (Å²) in [6.07, 6.45) is 4.88. The number of carbonyl (C=O) groups is 2. The molecule has 6 nitrogen and oxygen atoms in total. The number of fused-ring (bicyclic) bond motifs is 1. The lowest BCUT2D eigenvalue weighted by molar-refractivity contribution is -0.130. The van der Waals surface area contributed by atoms with Crippen molar-refractivity contribution in [2.45, 2.75) is 37.2 Å². The summed E-state index contributed by atoms with van der Waals surface area (Å²) in [6, 6.07) is 13.5. The molecule has 1 aliphatic heterocycles. The molecule has 29 heavy (non-hydrogen) atoms. The molecule has 0 spiro atoms. The van der Waals surface area contributed by atoms with Gasteiger partial charge in [0.2, 0.25) is 11.8 Å². The van der Waals surface area contributed by atoms with E-state index in [1.54, 1.807) is 23.2 Å². The fraction of sp³-hybridized carbons (Fsp3) is 0.273. The van der Waals surface area contributed by atoms with E-state index in [2.05, 4.69) is 5.32 Å². The molecule has 2 unspecified atom stereocenters. The zero-order valence-corrected chi connectivity index (χ0v) is 17.4. The molecule has 0 aromatic heterocycles. The van der Waals surface area contributed by atoms with Crippen molar-refractivity contribution in [3.8, 4) is 0 Å². The van der Waals surface area contributed by atoms with Crippen LogP contribution >= 0.6 is 0 Å². The third-order valence-corrected chi connectivity index (χ3v) is 6.16. The van der Waals surface area contributed by atoms with Crippen LogP contribution in [0, 0.1) is 0 Å². The highest BCUT2D eigenvalue weighted by atomic mass is 32.2. The van der Waals surface area contributed by atoms with Gasteiger partial charge in [-0.1, -0.05) is 36.4 Å². The molecule has 2 aromatic carbocycles. The molecule has 2 aromatic rings. The van der Waals surface area contributed by atoms with Gasteiger partial charge in [0.25, 0.3) is 0 Å². The van der Waals surface area contributed by atoms with Crippen LogP contribution in [-0.4, -0.2) is 31.4 Å². The second kappa shape index (κ2) is 8.21. The topological polar surface area (TPSA) is 83.6 Å². The van der Waals surface area contributed by atoms with Crippen LogP contribution < -0.4 is 5.32 Å². The molecule has 0 saturated carbocycles. The Morgan fingerprint density at radius 2 is 1.76 bits per heavy atom. The molecular weight excluding hydrogens is 388 g/mol. The van der Waals surface area contributed by atoms with Gasteiger partial charge in [0.15, 0.2) is 9.84 Å². The van der Waals surface area contributed by atoms with E-state index in [0.29, 0.717) is 0 Å². The fourth-order valence-corrected chi connectivity index (χ4v) is 4.11. The molecule has 2 amide bonds. The molecule has 2 atom stereocenters. The molecule has 0 bridgehead atoms. The molecule has 0 fully saturated rings. The number of hydrogen-bond acceptors (Lipinski definition) is 4. The van der Waals surface area contributed by atoms with Crippen molar-refractivity contribution in [1.29, 1.82) is 0 Å². The monoisotopic (exact) mass is 412 g/mol. The van der Waals surface area contributed by atoms with E-state index in [1.165, 1.54) is 19.1 Å². The number of benzene rings is 2. The normalized spacial score (nSPS) is 16.8. The summed E-state index contributed by atoms with van der Waals surface area (Å²) in [5, 5.41) is 2.94. The number of rotatable bonds is 5. The van der Waals surface area contributed by atoms with Crippen LogP contribution in [0.4, 0.5) is 0 Å². The highest BCUT2D eigenvalue weighted by Crippen LogP contribution is 2.33. The van der Waals surface area contributed by atoms with Crippen molar-refractivity contribution < 1.29 is 18.0 Å². The van der Waals surface area contributed by atoms with Crippen molar-refractivity contribution >= 4 is 27.7 Å². The Morgan fingerprint density at radius 1 is 1.10 bits per heavy atom. The van der Waals surface area contributed by atoms with Gasteiger partial charge >= 0.3 is 0 Å². The summed E-state index contributed by atoms with van der Waals surface area (Å²) in [4.78, 5) is 26.6. The van der Waals surface area contributed by atoms with E-state index in [4.69, 9.17) is 0 Å². The van der Waals surface area contributed by atoms with Crippen molar-refractivity contribution in [2.24, 2.45) is 0 Å². The Labute approximate surface area is 171 Å². The first-order valence-electron chi connectivity index (χ1n) is 9.32. The Hall–Kier alpha value is -2.93. The van der Waals surface area contributed by atoms with Gasteiger partial charge in [0.1, 0.15) is 0 Å². The number of nitrogens with one attached hydrogen (secondary N) is 1. The predicted octanol–water partition coefficient (Wildman–Crippen LogP) is 3.23. The van der Waals surface area contributed by atoms with Gasteiger partial charge in [-0.05, 0) is 41.8 Å². The Balaban J connectivity index is 1.73. The van der Waals surface area contributed by atoms with Gasteiger partial charge in [-0.15, -0.1) is 0 Å². The van der Waals surface area contributed by atoms with Crippen molar-refractivity contribution in [1.82, 2.24) is 10.2 Å². The lowest BCUT2D eigenvalue weighted by Crippen LogP contribution is -2.36. The van der Waals surface area contributed by atoms with Crippen LogP contribution in [0.25, 0.3) is 6.08 Å². The summed E-state index contributed by atoms with van der Waals surface area (Å²) in [6.45, 7) is 3.32.